The fourth-order valence-corrected chi connectivity index (χ4v) is 10.3. The first-order valence-corrected chi connectivity index (χ1v) is 26.6. The van der Waals surface area contributed by atoms with Crippen molar-refractivity contribution in [2.24, 2.45) is 11.8 Å². The molecule has 2 fully saturated rings. The number of aryl methyl sites for hydroxylation is 2. The van der Waals surface area contributed by atoms with Crippen LogP contribution in [-0.4, -0.2) is 27.3 Å². The number of hydrogen-bond acceptors (Lipinski definition) is 4. The van der Waals surface area contributed by atoms with Gasteiger partial charge >= 0.3 is 0 Å². The minimum absolute atomic E-state index is 0. The molecule has 8 rings (SSSR count). The van der Waals surface area contributed by atoms with Gasteiger partial charge in [0, 0.05) is 56.8 Å². The zero-order chi connectivity index (χ0) is 54.9. The van der Waals surface area contributed by atoms with Crippen LogP contribution in [0.1, 0.15) is 203 Å². The molecule has 7 heteroatoms. The molecule has 4 aromatic carbocycles. The number of carbonyl (C=O) groups is 1. The Kier molecular flexibility index (Phi) is 19.3. The van der Waals surface area contributed by atoms with E-state index in [2.05, 4.69) is 138 Å². The van der Waals surface area contributed by atoms with Crippen LogP contribution in [0.15, 0.2) is 96.9 Å². The number of nitrogens with zero attached hydrogens (tertiary/aromatic N) is 2. The van der Waals surface area contributed by atoms with Gasteiger partial charge in [0.25, 0.3) is 0 Å². The van der Waals surface area contributed by atoms with Gasteiger partial charge in [-0.15, -0.1) is 69.8 Å². The monoisotopic (exact) mass is 1160 g/mol. The Morgan fingerprint density at radius 2 is 1.07 bits per heavy atom. The molecule has 72 heavy (non-hydrogen) atoms. The Hall–Kier alpha value is -4.58. The number of alkyl halides is 2. The number of allylic oxidation sites excluding steroid dienone is 2. The summed E-state index contributed by atoms with van der Waals surface area (Å²) < 4.78 is 58.1. The molecule has 0 aliphatic heterocycles. The fourth-order valence-electron chi connectivity index (χ4n) is 10.3. The van der Waals surface area contributed by atoms with E-state index in [1.165, 1.54) is 86.5 Å². The Balaban J connectivity index is 0.000000218. The zero-order valence-electron chi connectivity index (χ0n) is 49.0. The molecule has 0 amide bonds. The number of pyridine rings is 2. The van der Waals surface area contributed by atoms with Gasteiger partial charge in [-0.25, -0.2) is 8.78 Å². The molecule has 1 radical (unpaired) electrons. The van der Waals surface area contributed by atoms with Crippen LogP contribution in [-0.2, 0) is 35.7 Å². The Bertz CT molecular complexity index is 2790. The molecule has 1 N–H and O–H groups in total. The first-order chi connectivity index (χ1) is 35.4. The molecule has 4 nitrogen and oxygen atoms in total. The molecule has 389 valence electrons. The van der Waals surface area contributed by atoms with Gasteiger partial charge in [0.1, 0.15) is 0 Å². The number of aliphatic hydroxyl groups is 1. The summed E-state index contributed by atoms with van der Waals surface area (Å²) >= 11 is 0. The minimum Gasteiger partial charge on any atom is -0.512 e. The number of hydrogen-bond donors (Lipinski definition) is 1. The quantitative estimate of drug-likeness (QED) is 0.0753. The predicted molar refractivity (Wildman–Crippen MR) is 295 cm³/mol. The standard InChI is InChI=1S/2C26H30N.C13H22F2O2.Ir/c2*1-18-14-22(17-23(15-18)26(2,3)4)25-24-11-10-20(16-21(24)12-13-27-25)19-8-6-5-7-9-19;1-4-9(5-2)11(16)8-12(17)10(6-3)7-13(14)15;/h2*10-13,15-17,19H,5-9H2,1-4H3;8-10,13,17H,4-7H2,1-3H3;/q2*-1;;/b;;12-8-;/i2*12D,13D;;. The fraction of sp³-hybridized carbons (Fsp3) is 0.492. The predicted octanol–water partition coefficient (Wildman–Crippen LogP) is 18.8. The smallest absolute Gasteiger partial charge is 0.239 e. The average Bonchev–Trinajstić information content (AvgIpc) is 3.37. The van der Waals surface area contributed by atoms with Crippen LogP contribution in [0.4, 0.5) is 8.78 Å². The molecule has 2 aromatic heterocycles. The van der Waals surface area contributed by atoms with Crippen molar-refractivity contribution >= 4 is 27.3 Å². The van der Waals surface area contributed by atoms with Gasteiger partial charge in [-0.1, -0.05) is 151 Å². The van der Waals surface area contributed by atoms with E-state index in [1.807, 2.05) is 13.8 Å². The molecular formula is C65H82F2IrN2O2-2. The maximum Gasteiger partial charge on any atom is 0.239 e. The summed E-state index contributed by atoms with van der Waals surface area (Å²) in [5, 5.41) is 13.3. The largest absolute Gasteiger partial charge is 0.512 e. The molecule has 1 atom stereocenters. The van der Waals surface area contributed by atoms with E-state index in [4.69, 9.17) is 5.48 Å². The molecule has 6 aromatic rings. The van der Waals surface area contributed by atoms with Crippen molar-refractivity contribution in [2.45, 2.75) is 195 Å². The van der Waals surface area contributed by atoms with Crippen LogP contribution in [0.25, 0.3) is 44.1 Å². The van der Waals surface area contributed by atoms with Gasteiger partial charge in [0.05, 0.1) is 11.2 Å². The number of carbonyl (C=O) groups excluding carboxylic acids is 1. The number of ketones is 1. The second kappa shape index (κ2) is 26.6. The van der Waals surface area contributed by atoms with E-state index in [1.54, 1.807) is 6.92 Å². The number of benzene rings is 4. The van der Waals surface area contributed by atoms with Gasteiger partial charge < -0.3 is 15.1 Å². The van der Waals surface area contributed by atoms with E-state index in [9.17, 15) is 18.7 Å². The number of fused-ring (bicyclic) bond motifs is 2. The summed E-state index contributed by atoms with van der Waals surface area (Å²) in [6.07, 6.45) is 12.9. The molecule has 0 saturated heterocycles. The van der Waals surface area contributed by atoms with Crippen molar-refractivity contribution in [3.63, 3.8) is 0 Å². The maximum atomic E-state index is 12.2. The summed E-state index contributed by atoms with van der Waals surface area (Å²) in [5.74, 6) is 0.0483. The van der Waals surface area contributed by atoms with E-state index < -0.39 is 18.8 Å². The molecular weight excluding hydrogens is 1070 g/mol. The van der Waals surface area contributed by atoms with Gasteiger partial charge in [0.2, 0.25) is 6.43 Å². The summed E-state index contributed by atoms with van der Waals surface area (Å²) in [5.41, 5.74) is 10.7. The Morgan fingerprint density at radius 3 is 1.43 bits per heavy atom. The zero-order valence-corrected chi connectivity index (χ0v) is 47.4. The maximum absolute atomic E-state index is 12.2. The molecule has 2 aliphatic carbocycles. The van der Waals surface area contributed by atoms with Crippen LogP contribution in [0.2, 0.25) is 0 Å². The third kappa shape index (κ3) is 15.7. The van der Waals surface area contributed by atoms with Crippen molar-refractivity contribution in [1.82, 2.24) is 9.97 Å². The van der Waals surface area contributed by atoms with Crippen molar-refractivity contribution in [3.05, 3.63) is 142 Å². The first-order valence-electron chi connectivity index (χ1n) is 28.6. The SMILES string of the molecule is CCC(CC)C(=O)/C=C(\O)C(CC)CC(F)F.[2H]c1nc(-c2[c-]c(C)cc(C(C)(C)C)c2)c2ccc(C3CCCCC3)cc2c1[2H].[2H]c1nc(-c2[c-]c(C)cc(C(C)(C)C)c2)c2ccc(C3CCCCC3)cc2c1[2H].[Ir]. The first kappa shape index (κ1) is 52.3. The third-order valence-electron chi connectivity index (χ3n) is 14.8. The van der Waals surface area contributed by atoms with Crippen LogP contribution < -0.4 is 0 Å². The summed E-state index contributed by atoms with van der Waals surface area (Å²) in [7, 11) is 0. The molecule has 2 aliphatic rings. The second-order valence-electron chi connectivity index (χ2n) is 22.3. The molecule has 1 unspecified atom stereocenters. The van der Waals surface area contributed by atoms with Crippen LogP contribution in [0.3, 0.4) is 0 Å². The molecule has 2 heterocycles. The van der Waals surface area contributed by atoms with Crippen molar-refractivity contribution in [3.8, 4) is 22.5 Å². The molecule has 0 bridgehead atoms. The van der Waals surface area contributed by atoms with Gasteiger partial charge in [0.15, 0.2) is 5.78 Å². The van der Waals surface area contributed by atoms with Crippen LogP contribution in [0.5, 0.6) is 0 Å². The van der Waals surface area contributed by atoms with E-state index in [-0.39, 0.29) is 72.8 Å². The summed E-state index contributed by atoms with van der Waals surface area (Å²) in [6, 6.07) is 28.9. The van der Waals surface area contributed by atoms with Gasteiger partial charge in [-0.2, -0.15) is 0 Å². The molecule has 0 spiro atoms. The van der Waals surface area contributed by atoms with Crippen LogP contribution in [0, 0.1) is 37.8 Å². The summed E-state index contributed by atoms with van der Waals surface area (Å²) in [6.45, 7) is 22.9. The number of halogens is 2. The topological polar surface area (TPSA) is 63.1 Å². The Morgan fingerprint density at radius 1 is 0.667 bits per heavy atom. The second-order valence-corrected chi connectivity index (χ2v) is 22.3. The van der Waals surface area contributed by atoms with E-state index >= 15 is 0 Å². The van der Waals surface area contributed by atoms with Gasteiger partial charge in [-0.3, -0.25) is 4.79 Å². The number of rotatable bonds is 12. The van der Waals surface area contributed by atoms with E-state index in [0.29, 0.717) is 31.1 Å². The van der Waals surface area contributed by atoms with Gasteiger partial charge in [-0.05, 0) is 124 Å². The number of aliphatic hydroxyl groups excluding tert-OH is 1. The summed E-state index contributed by atoms with van der Waals surface area (Å²) in [4.78, 5) is 20.7. The normalized spacial score (nSPS) is 16.2. The third-order valence-corrected chi connectivity index (χ3v) is 14.8. The van der Waals surface area contributed by atoms with Crippen LogP contribution >= 0.6 is 0 Å². The Labute approximate surface area is 451 Å². The van der Waals surface area contributed by atoms with E-state index in [0.717, 1.165) is 61.3 Å². The van der Waals surface area contributed by atoms with Crippen molar-refractivity contribution in [2.75, 3.05) is 0 Å². The van der Waals surface area contributed by atoms with Crippen molar-refractivity contribution in [1.29, 1.82) is 0 Å². The molecule has 2 saturated carbocycles. The minimum atomic E-state index is -2.46. The van der Waals surface area contributed by atoms with Crippen molar-refractivity contribution < 1.29 is 44.3 Å². The number of aromatic nitrogens is 2. The average molecular weight is 1160 g/mol.